The second kappa shape index (κ2) is 10.6. The highest BCUT2D eigenvalue weighted by Gasteiger charge is 2.39. The van der Waals surface area contributed by atoms with Crippen molar-refractivity contribution in [2.45, 2.75) is 59.0 Å². The molecule has 0 saturated carbocycles. The number of hydrogen-bond donors (Lipinski definition) is 2. The molecule has 0 bridgehead atoms. The lowest BCUT2D eigenvalue weighted by atomic mass is 9.89. The van der Waals surface area contributed by atoms with Gasteiger partial charge in [0, 0.05) is 48.3 Å². The van der Waals surface area contributed by atoms with E-state index in [-0.39, 0.29) is 43.1 Å². The van der Waals surface area contributed by atoms with Gasteiger partial charge < -0.3 is 24.5 Å². The Morgan fingerprint density at radius 1 is 1.21 bits per heavy atom. The van der Waals surface area contributed by atoms with Crippen molar-refractivity contribution in [3.05, 3.63) is 63.2 Å². The number of carbonyl (C=O) groups is 2. The molecular weight excluding hydrogens is 494 g/mol. The van der Waals surface area contributed by atoms with E-state index in [0.29, 0.717) is 42.3 Å². The van der Waals surface area contributed by atoms with E-state index >= 15 is 0 Å². The molecule has 204 valence electrons. The number of aromatic nitrogens is 2. The van der Waals surface area contributed by atoms with Crippen molar-refractivity contribution < 1.29 is 23.1 Å². The number of pyridine rings is 1. The summed E-state index contributed by atoms with van der Waals surface area (Å²) in [6.07, 6.45) is 1.18. The molecule has 1 aliphatic rings. The van der Waals surface area contributed by atoms with Crippen molar-refractivity contribution in [3.63, 3.8) is 0 Å². The number of benzene rings is 1. The van der Waals surface area contributed by atoms with Crippen LogP contribution in [0.3, 0.4) is 0 Å². The third kappa shape index (κ3) is 5.16. The summed E-state index contributed by atoms with van der Waals surface area (Å²) in [7, 11) is 1.48. The molecule has 8 nitrogen and oxygen atoms in total. The predicted molar refractivity (Wildman–Crippen MR) is 141 cm³/mol. The van der Waals surface area contributed by atoms with E-state index in [9.17, 15) is 23.2 Å². The maximum absolute atomic E-state index is 13.5. The second-order valence-corrected chi connectivity index (χ2v) is 10.1. The molecule has 2 N–H and O–H groups in total. The number of halogens is 2. The maximum atomic E-state index is 13.5. The van der Waals surface area contributed by atoms with Crippen molar-refractivity contribution in [1.29, 1.82) is 0 Å². The lowest BCUT2D eigenvalue weighted by Gasteiger charge is -2.37. The minimum absolute atomic E-state index is 0.000666. The van der Waals surface area contributed by atoms with E-state index in [2.05, 4.69) is 21.8 Å². The molecule has 3 heterocycles. The van der Waals surface area contributed by atoms with Gasteiger partial charge in [0.15, 0.2) is 0 Å². The molecule has 1 aliphatic heterocycles. The molecule has 1 atom stereocenters. The fraction of sp³-hybridized carbons (Fsp3) is 0.464. The van der Waals surface area contributed by atoms with Gasteiger partial charge in [-0.05, 0) is 51.7 Å². The van der Waals surface area contributed by atoms with Crippen LogP contribution in [0.15, 0.2) is 35.1 Å². The summed E-state index contributed by atoms with van der Waals surface area (Å²) < 4.78 is 34.5. The number of amides is 2. The maximum Gasteiger partial charge on any atom is 0.322 e. The highest BCUT2D eigenvalue weighted by Crippen LogP contribution is 2.36. The minimum atomic E-state index is -3.37. The topological polar surface area (TPSA) is 96.4 Å². The Labute approximate surface area is 220 Å². The monoisotopic (exact) mass is 528 g/mol. The standard InChI is InChI=1S/C28H34F2N4O4/c1-16-14-23(38-5)21(25(35)32-16)15-31-26(36)24-18(3)34(22-9-7-6-8-20(22)24)17(2)19-10-12-33(13-11-19)27(37)28(4,29)30/h6-9,14,17,19H,10-13,15H2,1-5H3,(H,31,36)(H,32,35). The molecular formula is C28H34F2N4O4. The Morgan fingerprint density at radius 2 is 1.87 bits per heavy atom. The Balaban J connectivity index is 1.58. The number of aromatic amines is 1. The second-order valence-electron chi connectivity index (χ2n) is 10.1. The van der Waals surface area contributed by atoms with Gasteiger partial charge in [0.25, 0.3) is 17.4 Å². The van der Waals surface area contributed by atoms with Crippen LogP contribution < -0.4 is 15.6 Å². The van der Waals surface area contributed by atoms with Crippen LogP contribution in [0.4, 0.5) is 8.78 Å². The van der Waals surface area contributed by atoms with Crippen LogP contribution >= 0.6 is 0 Å². The summed E-state index contributed by atoms with van der Waals surface area (Å²) in [5, 5.41) is 3.67. The summed E-state index contributed by atoms with van der Waals surface area (Å²) in [5.41, 5.74) is 2.87. The Hall–Kier alpha value is -3.69. The number of H-pyrrole nitrogens is 1. The van der Waals surface area contributed by atoms with E-state index < -0.39 is 11.8 Å². The number of para-hydroxylation sites is 1. The first-order valence-corrected chi connectivity index (χ1v) is 12.8. The number of carbonyl (C=O) groups excluding carboxylic acids is 2. The quantitative estimate of drug-likeness (QED) is 0.477. The number of aryl methyl sites for hydroxylation is 1. The molecule has 1 unspecified atom stereocenters. The van der Waals surface area contributed by atoms with Crippen LogP contribution in [0, 0.1) is 19.8 Å². The van der Waals surface area contributed by atoms with Gasteiger partial charge in [-0.3, -0.25) is 14.4 Å². The van der Waals surface area contributed by atoms with Gasteiger partial charge in [-0.2, -0.15) is 8.78 Å². The van der Waals surface area contributed by atoms with Crippen molar-refractivity contribution in [2.75, 3.05) is 20.2 Å². The van der Waals surface area contributed by atoms with Gasteiger partial charge in [0.05, 0.1) is 24.8 Å². The lowest BCUT2D eigenvalue weighted by molar-refractivity contribution is -0.156. The van der Waals surface area contributed by atoms with E-state index in [1.54, 1.807) is 13.0 Å². The Morgan fingerprint density at radius 3 is 2.50 bits per heavy atom. The zero-order valence-electron chi connectivity index (χ0n) is 22.4. The summed E-state index contributed by atoms with van der Waals surface area (Å²) >= 11 is 0. The number of likely N-dealkylation sites (tertiary alicyclic amines) is 1. The summed E-state index contributed by atoms with van der Waals surface area (Å²) in [6, 6.07) is 9.32. The summed E-state index contributed by atoms with van der Waals surface area (Å²) in [4.78, 5) is 41.9. The number of nitrogens with zero attached hydrogens (tertiary/aromatic N) is 2. The fourth-order valence-corrected chi connectivity index (χ4v) is 5.57. The Kier molecular flexibility index (Phi) is 7.62. The number of piperidine rings is 1. The third-order valence-electron chi connectivity index (χ3n) is 7.55. The van der Waals surface area contributed by atoms with E-state index in [4.69, 9.17) is 4.74 Å². The van der Waals surface area contributed by atoms with Crippen LogP contribution in [0.1, 0.15) is 60.0 Å². The van der Waals surface area contributed by atoms with Crippen LogP contribution in [0.2, 0.25) is 0 Å². The molecule has 0 radical (unpaired) electrons. The largest absolute Gasteiger partial charge is 0.496 e. The average Bonchev–Trinajstić information content (AvgIpc) is 3.17. The van der Waals surface area contributed by atoms with Gasteiger partial charge in [-0.1, -0.05) is 18.2 Å². The van der Waals surface area contributed by atoms with Crippen LogP contribution in [-0.4, -0.2) is 52.4 Å². The molecule has 4 rings (SSSR count). The highest BCUT2D eigenvalue weighted by atomic mass is 19.3. The number of ether oxygens (including phenoxy) is 1. The van der Waals surface area contributed by atoms with Crippen molar-refractivity contribution >= 4 is 22.7 Å². The number of alkyl halides is 2. The minimum Gasteiger partial charge on any atom is -0.496 e. The number of fused-ring (bicyclic) bond motifs is 1. The van der Waals surface area contributed by atoms with Crippen LogP contribution in [0.25, 0.3) is 10.9 Å². The first-order valence-electron chi connectivity index (χ1n) is 12.8. The van der Waals surface area contributed by atoms with Gasteiger partial charge in [0.1, 0.15) is 5.75 Å². The van der Waals surface area contributed by atoms with Gasteiger partial charge in [-0.25, -0.2) is 0 Å². The SMILES string of the molecule is COc1cc(C)[nH]c(=O)c1CNC(=O)c1c(C)n(C(C)C2CCN(C(=O)C(C)(F)F)CC2)c2ccccc12. The van der Waals surface area contributed by atoms with Crippen molar-refractivity contribution in [2.24, 2.45) is 5.92 Å². The Bertz CT molecular complexity index is 1410. The van der Waals surface area contributed by atoms with E-state index in [1.165, 1.54) is 12.0 Å². The molecule has 1 saturated heterocycles. The highest BCUT2D eigenvalue weighted by molar-refractivity contribution is 6.08. The first kappa shape index (κ1) is 27.3. The zero-order chi connectivity index (χ0) is 27.8. The molecule has 3 aromatic rings. The van der Waals surface area contributed by atoms with Gasteiger partial charge in [0.2, 0.25) is 0 Å². The van der Waals surface area contributed by atoms with Crippen molar-refractivity contribution in [3.8, 4) is 5.75 Å². The lowest BCUT2D eigenvalue weighted by Crippen LogP contribution is -2.46. The van der Waals surface area contributed by atoms with Gasteiger partial charge in [-0.15, -0.1) is 0 Å². The molecule has 2 amide bonds. The summed E-state index contributed by atoms with van der Waals surface area (Å²) in [5.74, 6) is -4.26. The molecule has 0 spiro atoms. The normalized spacial score (nSPS) is 15.5. The number of nitrogens with one attached hydrogen (secondary N) is 2. The smallest absolute Gasteiger partial charge is 0.322 e. The molecule has 2 aromatic heterocycles. The summed E-state index contributed by atoms with van der Waals surface area (Å²) in [6.45, 7) is 6.89. The molecule has 10 heteroatoms. The van der Waals surface area contributed by atoms with Gasteiger partial charge >= 0.3 is 5.92 Å². The predicted octanol–water partition coefficient (Wildman–Crippen LogP) is 4.34. The fourth-order valence-electron chi connectivity index (χ4n) is 5.57. The molecule has 1 fully saturated rings. The van der Waals surface area contributed by atoms with Crippen LogP contribution in [-0.2, 0) is 11.3 Å². The van der Waals surface area contributed by atoms with Crippen LogP contribution in [0.5, 0.6) is 5.75 Å². The first-order chi connectivity index (χ1) is 17.9. The molecule has 1 aromatic carbocycles. The van der Waals surface area contributed by atoms with E-state index in [1.807, 2.05) is 31.2 Å². The molecule has 38 heavy (non-hydrogen) atoms. The van der Waals surface area contributed by atoms with Crippen molar-refractivity contribution in [1.82, 2.24) is 19.8 Å². The zero-order valence-corrected chi connectivity index (χ0v) is 22.4. The average molecular weight is 529 g/mol. The molecule has 0 aliphatic carbocycles. The number of hydrogen-bond acceptors (Lipinski definition) is 4. The third-order valence-corrected chi connectivity index (χ3v) is 7.55. The van der Waals surface area contributed by atoms with E-state index in [0.717, 1.165) is 16.6 Å². The number of rotatable bonds is 7. The number of methoxy groups -OCH3 is 1.